The van der Waals surface area contributed by atoms with Crippen LogP contribution in [0.4, 0.5) is 0 Å². The summed E-state index contributed by atoms with van der Waals surface area (Å²) < 4.78 is 13.2. The highest BCUT2D eigenvalue weighted by molar-refractivity contribution is 5.87. The van der Waals surface area contributed by atoms with Crippen LogP contribution >= 0.6 is 0 Å². The molecule has 19 heavy (non-hydrogen) atoms. The molecule has 2 aromatic carbocycles. The molecule has 0 aliphatic heterocycles. The minimum Gasteiger partial charge on any atom is -0.497 e. The van der Waals surface area contributed by atoms with Crippen molar-refractivity contribution in [2.75, 3.05) is 7.11 Å². The van der Waals surface area contributed by atoms with Gasteiger partial charge in [0.1, 0.15) is 11.5 Å². The molecular weight excluding hydrogens is 238 g/mol. The number of para-hydroxylation sites is 1. The van der Waals surface area contributed by atoms with E-state index in [0.29, 0.717) is 0 Å². The molecule has 0 saturated carbocycles. The van der Waals surface area contributed by atoms with Crippen molar-refractivity contribution in [1.29, 1.82) is 0 Å². The third kappa shape index (κ3) is 2.15. The maximum absolute atomic E-state index is 5.95. The molecule has 0 radical (unpaired) electrons. The summed E-state index contributed by atoms with van der Waals surface area (Å²) in [5, 5.41) is 1.10. The van der Waals surface area contributed by atoms with E-state index in [-0.39, 0.29) is 0 Å². The first-order valence-corrected chi connectivity index (χ1v) is 6.14. The van der Waals surface area contributed by atoms with Crippen molar-refractivity contribution in [3.8, 4) is 17.2 Å². The van der Waals surface area contributed by atoms with Gasteiger partial charge in [0.15, 0.2) is 5.75 Å². The molecule has 0 bridgehead atoms. The Kier molecular flexibility index (Phi) is 2.88. The van der Waals surface area contributed by atoms with Crippen molar-refractivity contribution < 1.29 is 9.47 Å². The molecule has 0 amide bonds. The Morgan fingerprint density at radius 3 is 2.58 bits per heavy atom. The quantitative estimate of drug-likeness (QED) is 0.704. The molecular formula is C16H15NO2. The Balaban J connectivity index is 2.01. The molecule has 0 fully saturated rings. The number of methoxy groups -OCH3 is 1. The molecule has 96 valence electrons. The second-order valence-electron chi connectivity index (χ2n) is 4.40. The van der Waals surface area contributed by atoms with E-state index in [0.717, 1.165) is 28.2 Å². The molecule has 0 aliphatic rings. The molecule has 1 heterocycles. The molecule has 3 nitrogen and oxygen atoms in total. The highest BCUT2D eigenvalue weighted by Gasteiger charge is 2.08. The number of aryl methyl sites for hydroxylation is 1. The fourth-order valence-corrected chi connectivity index (χ4v) is 2.18. The highest BCUT2D eigenvalue weighted by atomic mass is 16.5. The molecule has 0 unspecified atom stereocenters. The van der Waals surface area contributed by atoms with Crippen LogP contribution in [0.3, 0.4) is 0 Å². The molecule has 3 rings (SSSR count). The lowest BCUT2D eigenvalue weighted by Crippen LogP contribution is -1.86. The number of rotatable bonds is 3. The van der Waals surface area contributed by atoms with E-state index in [2.05, 4.69) is 16.7 Å². The van der Waals surface area contributed by atoms with Gasteiger partial charge in [-0.3, -0.25) is 0 Å². The monoisotopic (exact) mass is 253 g/mol. The molecule has 3 heteroatoms. The minimum atomic E-state index is 0.774. The number of benzene rings is 2. The Labute approximate surface area is 112 Å². The molecule has 0 saturated heterocycles. The van der Waals surface area contributed by atoms with Gasteiger partial charge in [0.05, 0.1) is 12.6 Å². The Hall–Kier alpha value is -2.42. The van der Waals surface area contributed by atoms with Gasteiger partial charge in [-0.2, -0.15) is 0 Å². The van der Waals surface area contributed by atoms with E-state index in [4.69, 9.17) is 9.47 Å². The number of fused-ring (bicyclic) bond motifs is 1. The van der Waals surface area contributed by atoms with Crippen molar-refractivity contribution in [2.24, 2.45) is 7.05 Å². The van der Waals surface area contributed by atoms with Crippen molar-refractivity contribution in [1.82, 2.24) is 4.57 Å². The molecule has 0 aliphatic carbocycles. The normalized spacial score (nSPS) is 10.6. The largest absolute Gasteiger partial charge is 0.497 e. The van der Waals surface area contributed by atoms with Gasteiger partial charge < -0.3 is 14.0 Å². The van der Waals surface area contributed by atoms with Gasteiger partial charge in [0.25, 0.3) is 0 Å². The zero-order valence-corrected chi connectivity index (χ0v) is 11.0. The van der Waals surface area contributed by atoms with Crippen LogP contribution in [0.1, 0.15) is 0 Å². The lowest BCUT2D eigenvalue weighted by Gasteiger charge is -2.06. The minimum absolute atomic E-state index is 0.774. The first-order chi connectivity index (χ1) is 9.28. The van der Waals surface area contributed by atoms with Crippen LogP contribution in [0, 0.1) is 0 Å². The van der Waals surface area contributed by atoms with Crippen LogP contribution in [0.15, 0.2) is 54.7 Å². The lowest BCUT2D eigenvalue weighted by molar-refractivity contribution is 0.409. The van der Waals surface area contributed by atoms with Gasteiger partial charge in [0, 0.05) is 24.7 Å². The fraction of sp³-hybridized carbons (Fsp3) is 0.125. The van der Waals surface area contributed by atoms with Gasteiger partial charge in [-0.05, 0) is 24.3 Å². The van der Waals surface area contributed by atoms with E-state index in [1.165, 1.54) is 0 Å². The van der Waals surface area contributed by atoms with Crippen molar-refractivity contribution >= 4 is 10.9 Å². The smallest absolute Gasteiger partial charge is 0.152 e. The summed E-state index contributed by atoms with van der Waals surface area (Å²) in [5.74, 6) is 2.42. The van der Waals surface area contributed by atoms with E-state index >= 15 is 0 Å². The first kappa shape index (κ1) is 11.7. The zero-order chi connectivity index (χ0) is 13.2. The van der Waals surface area contributed by atoms with Crippen molar-refractivity contribution in [3.05, 3.63) is 54.7 Å². The predicted octanol–water partition coefficient (Wildman–Crippen LogP) is 3.98. The third-order valence-corrected chi connectivity index (χ3v) is 3.13. The van der Waals surface area contributed by atoms with Gasteiger partial charge in [-0.25, -0.2) is 0 Å². The van der Waals surface area contributed by atoms with Crippen molar-refractivity contribution in [2.45, 2.75) is 0 Å². The molecule has 0 N–H and O–H groups in total. The third-order valence-electron chi connectivity index (χ3n) is 3.13. The van der Waals surface area contributed by atoms with Crippen LogP contribution < -0.4 is 9.47 Å². The van der Waals surface area contributed by atoms with Crippen LogP contribution in [0.5, 0.6) is 17.2 Å². The van der Waals surface area contributed by atoms with Crippen LogP contribution in [0.25, 0.3) is 10.9 Å². The molecule has 0 spiro atoms. The number of nitrogens with zero attached hydrogens (tertiary/aromatic N) is 1. The summed E-state index contributed by atoms with van der Waals surface area (Å²) in [7, 11) is 3.66. The summed E-state index contributed by atoms with van der Waals surface area (Å²) in [6.07, 6.45) is 1.99. The topological polar surface area (TPSA) is 23.4 Å². The van der Waals surface area contributed by atoms with Crippen LogP contribution in [0.2, 0.25) is 0 Å². The predicted molar refractivity (Wildman–Crippen MR) is 76.0 cm³/mol. The summed E-state index contributed by atoms with van der Waals surface area (Å²) in [6.45, 7) is 0. The first-order valence-electron chi connectivity index (χ1n) is 6.14. The van der Waals surface area contributed by atoms with E-state index in [9.17, 15) is 0 Å². The maximum atomic E-state index is 5.95. The Morgan fingerprint density at radius 1 is 0.947 bits per heavy atom. The highest BCUT2D eigenvalue weighted by Crippen LogP contribution is 2.32. The Morgan fingerprint density at radius 2 is 1.74 bits per heavy atom. The van der Waals surface area contributed by atoms with Gasteiger partial charge in [-0.1, -0.05) is 18.2 Å². The fourth-order valence-electron chi connectivity index (χ4n) is 2.18. The van der Waals surface area contributed by atoms with Gasteiger partial charge >= 0.3 is 0 Å². The second kappa shape index (κ2) is 4.69. The van der Waals surface area contributed by atoms with Crippen LogP contribution in [-0.4, -0.2) is 11.7 Å². The number of hydrogen-bond acceptors (Lipinski definition) is 2. The van der Waals surface area contributed by atoms with E-state index < -0.39 is 0 Å². The average Bonchev–Trinajstić information content (AvgIpc) is 2.76. The SMILES string of the molecule is COc1cccc(Oc2cn(C)c3ccccc23)c1. The molecule has 0 atom stereocenters. The summed E-state index contributed by atoms with van der Waals surface area (Å²) >= 11 is 0. The van der Waals surface area contributed by atoms with Crippen molar-refractivity contribution in [3.63, 3.8) is 0 Å². The summed E-state index contributed by atoms with van der Waals surface area (Å²) in [5.41, 5.74) is 1.15. The van der Waals surface area contributed by atoms with E-state index in [1.54, 1.807) is 7.11 Å². The summed E-state index contributed by atoms with van der Waals surface area (Å²) in [6, 6.07) is 15.8. The number of aromatic nitrogens is 1. The van der Waals surface area contributed by atoms with Crippen LogP contribution in [-0.2, 0) is 7.05 Å². The van der Waals surface area contributed by atoms with Gasteiger partial charge in [-0.15, -0.1) is 0 Å². The second-order valence-corrected chi connectivity index (χ2v) is 4.40. The summed E-state index contributed by atoms with van der Waals surface area (Å²) in [4.78, 5) is 0. The number of ether oxygens (including phenoxy) is 2. The molecule has 3 aromatic rings. The zero-order valence-electron chi connectivity index (χ0n) is 11.0. The molecule has 1 aromatic heterocycles. The van der Waals surface area contributed by atoms with E-state index in [1.807, 2.05) is 49.6 Å². The Bertz CT molecular complexity index is 716. The average molecular weight is 253 g/mol. The van der Waals surface area contributed by atoms with Gasteiger partial charge in [0.2, 0.25) is 0 Å². The lowest BCUT2D eigenvalue weighted by atomic mass is 10.2. The maximum Gasteiger partial charge on any atom is 0.152 e. The number of hydrogen-bond donors (Lipinski definition) is 0. The standard InChI is InChI=1S/C16H15NO2/c1-17-11-16(14-8-3-4-9-15(14)17)19-13-7-5-6-12(10-13)18-2/h3-11H,1-2H3.